The van der Waals surface area contributed by atoms with Crippen LogP contribution >= 0.6 is 0 Å². The maximum absolute atomic E-state index is 11.0. The van der Waals surface area contributed by atoms with Gasteiger partial charge in [0.05, 0.1) is 12.8 Å². The van der Waals surface area contributed by atoms with Gasteiger partial charge < -0.3 is 14.5 Å². The van der Waals surface area contributed by atoms with E-state index >= 15 is 0 Å². The van der Waals surface area contributed by atoms with Crippen molar-refractivity contribution in [1.82, 2.24) is 4.98 Å². The Morgan fingerprint density at radius 3 is 2.67 bits per heavy atom. The molecule has 0 atom stereocenters. The summed E-state index contributed by atoms with van der Waals surface area (Å²) in [7, 11) is 1.65. The quantitative estimate of drug-likeness (QED) is 0.736. The molecule has 3 nitrogen and oxygen atoms in total. The van der Waals surface area contributed by atoms with Crippen LogP contribution in [0.25, 0.3) is 22.2 Å². The van der Waals surface area contributed by atoms with Crippen molar-refractivity contribution in [3.63, 3.8) is 0 Å². The first-order chi connectivity index (χ1) is 10.3. The zero-order chi connectivity index (χ0) is 14.8. The second kappa shape index (κ2) is 5.44. The van der Waals surface area contributed by atoms with E-state index in [-0.39, 0.29) is 0 Å². The molecule has 3 rings (SSSR count). The van der Waals surface area contributed by atoms with Crippen molar-refractivity contribution in [2.45, 2.75) is 13.3 Å². The monoisotopic (exact) mass is 279 g/mol. The molecule has 0 aliphatic rings. The average Bonchev–Trinajstić information content (AvgIpc) is 2.84. The van der Waals surface area contributed by atoms with Crippen LogP contribution in [-0.4, -0.2) is 18.4 Å². The number of aldehydes is 1. The minimum absolute atomic E-state index is 0.376. The molecule has 21 heavy (non-hydrogen) atoms. The molecule has 0 saturated heterocycles. The van der Waals surface area contributed by atoms with Crippen molar-refractivity contribution >= 4 is 17.2 Å². The molecule has 0 aliphatic heterocycles. The van der Waals surface area contributed by atoms with Gasteiger partial charge in [-0.3, -0.25) is 0 Å². The Morgan fingerprint density at radius 2 is 1.95 bits per heavy atom. The lowest BCUT2D eigenvalue weighted by Gasteiger charge is -2.12. The molecular formula is C18H17NO2. The maximum Gasteiger partial charge on any atom is 0.128 e. The highest BCUT2D eigenvalue weighted by atomic mass is 16.5. The first-order valence-corrected chi connectivity index (χ1v) is 6.93. The first kappa shape index (κ1) is 13.4. The fourth-order valence-corrected chi connectivity index (χ4v) is 2.82. The molecule has 0 aliphatic carbocycles. The Kier molecular flexibility index (Phi) is 3.48. The summed E-state index contributed by atoms with van der Waals surface area (Å²) >= 11 is 0. The van der Waals surface area contributed by atoms with Gasteiger partial charge in [-0.25, -0.2) is 0 Å². The summed E-state index contributed by atoms with van der Waals surface area (Å²) in [6, 6.07) is 14.0. The van der Waals surface area contributed by atoms with Gasteiger partial charge in [-0.1, -0.05) is 30.3 Å². The van der Waals surface area contributed by atoms with Crippen LogP contribution in [0.15, 0.2) is 42.5 Å². The number of benzene rings is 2. The lowest BCUT2D eigenvalue weighted by atomic mass is 9.98. The SMILES string of the molecule is COc1cccc(CC=O)c1-c1[nH]c2ccccc2c1C. The first-order valence-electron chi connectivity index (χ1n) is 6.93. The van der Waals surface area contributed by atoms with Crippen LogP contribution in [0.1, 0.15) is 11.1 Å². The highest BCUT2D eigenvalue weighted by molar-refractivity contribution is 5.92. The van der Waals surface area contributed by atoms with Gasteiger partial charge in [-0.2, -0.15) is 0 Å². The summed E-state index contributed by atoms with van der Waals surface area (Å²) in [5.41, 5.74) is 5.22. The van der Waals surface area contributed by atoms with E-state index in [2.05, 4.69) is 24.0 Å². The summed E-state index contributed by atoms with van der Waals surface area (Å²) in [5, 5.41) is 1.19. The van der Waals surface area contributed by atoms with Crippen molar-refractivity contribution in [2.24, 2.45) is 0 Å². The summed E-state index contributed by atoms with van der Waals surface area (Å²) < 4.78 is 5.50. The van der Waals surface area contributed by atoms with Crippen molar-refractivity contribution in [1.29, 1.82) is 0 Å². The van der Waals surface area contributed by atoms with Crippen LogP contribution in [-0.2, 0) is 11.2 Å². The van der Waals surface area contributed by atoms with Gasteiger partial charge >= 0.3 is 0 Å². The van der Waals surface area contributed by atoms with Crippen LogP contribution in [0.3, 0.4) is 0 Å². The molecule has 3 heteroatoms. The number of hydrogen-bond acceptors (Lipinski definition) is 2. The molecule has 0 saturated carbocycles. The van der Waals surface area contributed by atoms with E-state index in [1.165, 1.54) is 10.9 Å². The van der Waals surface area contributed by atoms with Gasteiger partial charge in [0.2, 0.25) is 0 Å². The predicted molar refractivity (Wildman–Crippen MR) is 84.8 cm³/mol. The maximum atomic E-state index is 11.0. The summed E-state index contributed by atoms with van der Waals surface area (Å²) in [6.07, 6.45) is 1.30. The smallest absolute Gasteiger partial charge is 0.128 e. The van der Waals surface area contributed by atoms with Gasteiger partial charge in [-0.05, 0) is 30.2 Å². The normalized spacial score (nSPS) is 10.8. The predicted octanol–water partition coefficient (Wildman–Crippen LogP) is 3.89. The lowest BCUT2D eigenvalue weighted by molar-refractivity contribution is -0.107. The lowest BCUT2D eigenvalue weighted by Crippen LogP contribution is -1.96. The Bertz CT molecular complexity index is 802. The third kappa shape index (κ3) is 2.21. The average molecular weight is 279 g/mol. The standard InChI is InChI=1S/C18H17NO2/c1-12-14-7-3-4-8-15(14)19-18(12)17-13(10-11-20)6-5-9-16(17)21-2/h3-9,11,19H,10H2,1-2H3. The molecule has 0 amide bonds. The minimum atomic E-state index is 0.376. The van der Waals surface area contributed by atoms with Gasteiger partial charge in [-0.15, -0.1) is 0 Å². The molecule has 3 aromatic rings. The summed E-state index contributed by atoms with van der Waals surface area (Å²) in [6.45, 7) is 2.09. The molecular weight excluding hydrogens is 262 g/mol. The number of aryl methyl sites for hydroxylation is 1. The van der Waals surface area contributed by atoms with E-state index in [9.17, 15) is 4.79 Å². The number of methoxy groups -OCH3 is 1. The largest absolute Gasteiger partial charge is 0.496 e. The Hall–Kier alpha value is -2.55. The fraction of sp³-hybridized carbons (Fsp3) is 0.167. The van der Waals surface area contributed by atoms with E-state index in [0.717, 1.165) is 34.4 Å². The number of ether oxygens (including phenoxy) is 1. The molecule has 1 heterocycles. The Balaban J connectivity index is 2.31. The molecule has 106 valence electrons. The van der Waals surface area contributed by atoms with Gasteiger partial charge in [0, 0.05) is 22.9 Å². The number of aromatic amines is 1. The zero-order valence-corrected chi connectivity index (χ0v) is 12.1. The van der Waals surface area contributed by atoms with E-state index in [1.807, 2.05) is 30.3 Å². The number of nitrogens with one attached hydrogen (secondary N) is 1. The molecule has 1 aromatic heterocycles. The third-order valence-corrected chi connectivity index (χ3v) is 3.85. The van der Waals surface area contributed by atoms with Crippen molar-refractivity contribution in [3.8, 4) is 17.0 Å². The number of carbonyl (C=O) groups excluding carboxylic acids is 1. The Labute approximate surface area is 123 Å². The van der Waals surface area contributed by atoms with Crippen LogP contribution in [0.5, 0.6) is 5.75 Å². The molecule has 0 radical (unpaired) electrons. The van der Waals surface area contributed by atoms with Crippen LogP contribution in [0, 0.1) is 6.92 Å². The van der Waals surface area contributed by atoms with E-state index in [0.29, 0.717) is 6.42 Å². The number of carbonyl (C=O) groups is 1. The fourth-order valence-electron chi connectivity index (χ4n) is 2.82. The van der Waals surface area contributed by atoms with Gasteiger partial charge in [0.15, 0.2) is 0 Å². The van der Waals surface area contributed by atoms with Crippen LogP contribution in [0.4, 0.5) is 0 Å². The minimum Gasteiger partial charge on any atom is -0.496 e. The second-order valence-corrected chi connectivity index (χ2v) is 5.04. The van der Waals surface area contributed by atoms with E-state index in [4.69, 9.17) is 4.74 Å². The molecule has 0 bridgehead atoms. The van der Waals surface area contributed by atoms with E-state index < -0.39 is 0 Å². The van der Waals surface area contributed by atoms with Gasteiger partial charge in [0.25, 0.3) is 0 Å². The number of hydrogen-bond donors (Lipinski definition) is 1. The number of para-hydroxylation sites is 1. The molecule has 1 N–H and O–H groups in total. The number of fused-ring (bicyclic) bond motifs is 1. The number of aromatic nitrogens is 1. The second-order valence-electron chi connectivity index (χ2n) is 5.04. The zero-order valence-electron chi connectivity index (χ0n) is 12.1. The highest BCUT2D eigenvalue weighted by Crippen LogP contribution is 2.37. The number of H-pyrrole nitrogens is 1. The van der Waals surface area contributed by atoms with Gasteiger partial charge in [0.1, 0.15) is 12.0 Å². The van der Waals surface area contributed by atoms with Crippen LogP contribution in [0.2, 0.25) is 0 Å². The molecule has 2 aromatic carbocycles. The van der Waals surface area contributed by atoms with Crippen LogP contribution < -0.4 is 4.74 Å². The molecule has 0 unspecified atom stereocenters. The van der Waals surface area contributed by atoms with Crippen molar-refractivity contribution < 1.29 is 9.53 Å². The van der Waals surface area contributed by atoms with E-state index in [1.54, 1.807) is 7.11 Å². The topological polar surface area (TPSA) is 42.1 Å². The van der Waals surface area contributed by atoms with Crippen molar-refractivity contribution in [2.75, 3.05) is 7.11 Å². The molecule has 0 spiro atoms. The molecule has 0 fully saturated rings. The Morgan fingerprint density at radius 1 is 1.14 bits per heavy atom. The summed E-state index contributed by atoms with van der Waals surface area (Å²) in [5.74, 6) is 0.781. The highest BCUT2D eigenvalue weighted by Gasteiger charge is 2.16. The third-order valence-electron chi connectivity index (χ3n) is 3.85. The number of rotatable bonds is 4. The van der Waals surface area contributed by atoms with Crippen molar-refractivity contribution in [3.05, 3.63) is 53.6 Å². The summed E-state index contributed by atoms with van der Waals surface area (Å²) in [4.78, 5) is 14.4.